The largest absolute Gasteiger partial charge is 0.353 e. The molecule has 4 aromatic rings. The molecule has 4 heteroatoms. The van der Waals surface area contributed by atoms with Crippen molar-refractivity contribution in [2.45, 2.75) is 92.8 Å². The lowest BCUT2D eigenvalue weighted by atomic mass is 9.78. The molecule has 0 amide bonds. The Kier molecular flexibility index (Phi) is 13.8. The summed E-state index contributed by atoms with van der Waals surface area (Å²) in [6.45, 7) is 16.4. The van der Waals surface area contributed by atoms with Crippen LogP contribution in [-0.2, 0) is 9.47 Å². The van der Waals surface area contributed by atoms with Crippen molar-refractivity contribution in [2.75, 3.05) is 13.2 Å². The zero-order valence-corrected chi connectivity index (χ0v) is 34.2. The second-order valence-corrected chi connectivity index (χ2v) is 20.3. The van der Waals surface area contributed by atoms with E-state index in [0.717, 1.165) is 38.9 Å². The van der Waals surface area contributed by atoms with Crippen LogP contribution in [0.1, 0.15) is 86.5 Å². The van der Waals surface area contributed by atoms with Gasteiger partial charge in [0.1, 0.15) is 0 Å². The van der Waals surface area contributed by atoms with Crippen molar-refractivity contribution >= 4 is 37.1 Å². The van der Waals surface area contributed by atoms with E-state index >= 15 is 0 Å². The van der Waals surface area contributed by atoms with E-state index in [-0.39, 0.29) is 11.7 Å². The molecule has 1 fully saturated rings. The van der Waals surface area contributed by atoms with Crippen LogP contribution in [0.3, 0.4) is 0 Å². The average Bonchev–Trinajstić information content (AvgIpc) is 3.49. The van der Waals surface area contributed by atoms with E-state index in [9.17, 15) is 0 Å². The third-order valence-corrected chi connectivity index (χ3v) is 16.1. The minimum absolute atomic E-state index is 0.0238. The van der Waals surface area contributed by atoms with Crippen molar-refractivity contribution in [3.63, 3.8) is 0 Å². The Morgan fingerprint density at radius 2 is 1.04 bits per heavy atom. The molecular weight excluding hydrogens is 670 g/mol. The summed E-state index contributed by atoms with van der Waals surface area (Å²) in [5.74, 6) is 1.39. The predicted molar refractivity (Wildman–Crippen MR) is 227 cm³/mol. The Hall–Kier alpha value is -2.86. The van der Waals surface area contributed by atoms with Crippen LogP contribution in [0.25, 0.3) is 0 Å². The highest BCUT2D eigenvalue weighted by Crippen LogP contribution is 2.66. The average molecular weight is 731 g/mol. The monoisotopic (exact) mass is 730 g/mol. The Morgan fingerprint density at radius 3 is 1.46 bits per heavy atom. The van der Waals surface area contributed by atoms with Crippen molar-refractivity contribution in [3.05, 3.63) is 143 Å². The highest BCUT2D eigenvalue weighted by Gasteiger charge is 2.43. The SMILES string of the molecule is CC(C)C1=C(P(c2ccccc2)c2ccccc2)C(P(c2ccccc2)c2ccccc2)=C(CCCCC(C)(C)CCC2OCCCO2)C1C(C)C. The van der Waals surface area contributed by atoms with E-state index in [4.69, 9.17) is 9.47 Å². The summed E-state index contributed by atoms with van der Waals surface area (Å²) >= 11 is 0. The van der Waals surface area contributed by atoms with E-state index < -0.39 is 15.8 Å². The van der Waals surface area contributed by atoms with Gasteiger partial charge in [0.05, 0.1) is 13.2 Å². The van der Waals surface area contributed by atoms with Crippen LogP contribution in [0.15, 0.2) is 143 Å². The molecule has 6 rings (SSSR count). The minimum atomic E-state index is -0.793. The standard InChI is InChI=1S/C48H60O2P2/c1-36(2)44-42(30-19-20-32-48(5,6)33-31-43-49-34-21-35-50-43)46(51(38-22-11-7-12-23-38)39-24-13-8-14-25-39)47(45(44)37(3)4)52(40-26-15-9-16-27-40)41-28-17-10-18-29-41/h7-18,22-29,36-37,43-44H,19-21,30-35H2,1-6H3. The first-order chi connectivity index (χ1) is 25.2. The smallest absolute Gasteiger partial charge is 0.157 e. The summed E-state index contributed by atoms with van der Waals surface area (Å²) < 4.78 is 11.8. The molecule has 2 aliphatic rings. The highest BCUT2D eigenvalue weighted by atomic mass is 31.1. The lowest BCUT2D eigenvalue weighted by molar-refractivity contribution is -0.184. The number of ether oxygens (including phenoxy) is 2. The minimum Gasteiger partial charge on any atom is -0.353 e. The second kappa shape index (κ2) is 18.5. The van der Waals surface area contributed by atoms with E-state index in [1.54, 1.807) is 21.8 Å². The Bertz CT molecular complexity index is 1660. The van der Waals surface area contributed by atoms with Gasteiger partial charge in [-0.3, -0.25) is 0 Å². The van der Waals surface area contributed by atoms with Crippen molar-refractivity contribution in [1.82, 2.24) is 0 Å². The fourth-order valence-electron chi connectivity index (χ4n) is 8.30. The number of unbranched alkanes of at least 4 members (excludes halogenated alkanes) is 1. The number of allylic oxidation sites excluding steroid dienone is 4. The molecule has 1 atom stereocenters. The molecule has 1 aliphatic carbocycles. The Morgan fingerprint density at radius 1 is 0.596 bits per heavy atom. The quantitative estimate of drug-likeness (QED) is 0.0844. The van der Waals surface area contributed by atoms with Gasteiger partial charge in [-0.1, -0.05) is 180 Å². The molecule has 0 aromatic heterocycles. The molecule has 52 heavy (non-hydrogen) atoms. The molecule has 0 saturated carbocycles. The summed E-state index contributed by atoms with van der Waals surface area (Å²) in [5, 5.41) is 9.11. The summed E-state index contributed by atoms with van der Waals surface area (Å²) in [4.78, 5) is 0. The molecule has 0 N–H and O–H groups in total. The molecular formula is C48H60O2P2. The Labute approximate surface area is 317 Å². The van der Waals surface area contributed by atoms with Gasteiger partial charge >= 0.3 is 0 Å². The van der Waals surface area contributed by atoms with Gasteiger partial charge in [0.25, 0.3) is 0 Å². The van der Waals surface area contributed by atoms with Crippen LogP contribution in [0.2, 0.25) is 0 Å². The lowest BCUT2D eigenvalue weighted by Crippen LogP contribution is -2.26. The third kappa shape index (κ3) is 9.43. The first-order valence-corrected chi connectivity index (χ1v) is 22.4. The van der Waals surface area contributed by atoms with Crippen molar-refractivity contribution in [1.29, 1.82) is 0 Å². The maximum atomic E-state index is 5.90. The van der Waals surface area contributed by atoms with Crippen molar-refractivity contribution in [3.8, 4) is 0 Å². The molecule has 0 spiro atoms. The maximum absolute atomic E-state index is 5.90. The van der Waals surface area contributed by atoms with Gasteiger partial charge in [0, 0.05) is 5.92 Å². The zero-order chi connectivity index (χ0) is 36.5. The molecule has 1 unspecified atom stereocenters. The van der Waals surface area contributed by atoms with E-state index in [1.165, 1.54) is 40.5 Å². The lowest BCUT2D eigenvalue weighted by Gasteiger charge is -2.31. The normalized spacial score (nSPS) is 17.4. The highest BCUT2D eigenvalue weighted by molar-refractivity contribution is 7.82. The summed E-state index contributed by atoms with van der Waals surface area (Å²) in [7, 11) is -1.58. The van der Waals surface area contributed by atoms with Crippen LogP contribution < -0.4 is 21.2 Å². The fourth-order valence-corrected chi connectivity index (χ4v) is 14.3. The zero-order valence-electron chi connectivity index (χ0n) is 32.4. The van der Waals surface area contributed by atoms with Gasteiger partial charge in [-0.2, -0.15) is 0 Å². The van der Waals surface area contributed by atoms with Gasteiger partial charge in [-0.05, 0) is 103 Å². The van der Waals surface area contributed by atoms with Gasteiger partial charge < -0.3 is 9.47 Å². The second-order valence-electron chi connectivity index (χ2n) is 16.0. The molecule has 1 aliphatic heterocycles. The first kappa shape index (κ1) is 38.9. The molecule has 0 bridgehead atoms. The van der Waals surface area contributed by atoms with Gasteiger partial charge in [-0.25, -0.2) is 0 Å². The summed E-state index contributed by atoms with van der Waals surface area (Å²) in [5.41, 5.74) is 3.66. The topological polar surface area (TPSA) is 18.5 Å². The van der Waals surface area contributed by atoms with Crippen LogP contribution in [0.5, 0.6) is 0 Å². The van der Waals surface area contributed by atoms with Crippen molar-refractivity contribution < 1.29 is 9.47 Å². The van der Waals surface area contributed by atoms with Gasteiger partial charge in [0.15, 0.2) is 6.29 Å². The Balaban J connectivity index is 1.47. The molecule has 4 aromatic carbocycles. The van der Waals surface area contributed by atoms with Gasteiger partial charge in [-0.15, -0.1) is 0 Å². The molecule has 274 valence electrons. The summed E-state index contributed by atoms with van der Waals surface area (Å²) in [6.07, 6.45) is 7.92. The number of hydrogen-bond donors (Lipinski definition) is 0. The molecule has 1 saturated heterocycles. The van der Waals surface area contributed by atoms with E-state index in [1.807, 2.05) is 0 Å². The number of hydrogen-bond acceptors (Lipinski definition) is 2. The first-order valence-electron chi connectivity index (χ1n) is 19.8. The van der Waals surface area contributed by atoms with Gasteiger partial charge in [0.2, 0.25) is 0 Å². The van der Waals surface area contributed by atoms with Crippen LogP contribution in [-0.4, -0.2) is 19.5 Å². The number of rotatable bonds is 16. The fraction of sp³-hybridized carbons (Fsp3) is 0.417. The van der Waals surface area contributed by atoms with Crippen LogP contribution >= 0.6 is 15.8 Å². The van der Waals surface area contributed by atoms with E-state index in [2.05, 4.69) is 163 Å². The predicted octanol–water partition coefficient (Wildman–Crippen LogP) is 11.8. The molecule has 1 heterocycles. The summed E-state index contributed by atoms with van der Waals surface area (Å²) in [6, 6.07) is 45.8. The van der Waals surface area contributed by atoms with Crippen molar-refractivity contribution in [2.24, 2.45) is 23.2 Å². The maximum Gasteiger partial charge on any atom is 0.157 e. The van der Waals surface area contributed by atoms with Crippen LogP contribution in [0.4, 0.5) is 0 Å². The van der Waals surface area contributed by atoms with Crippen LogP contribution in [0, 0.1) is 23.2 Å². The molecule has 2 nitrogen and oxygen atoms in total. The number of benzene rings is 4. The molecule has 0 radical (unpaired) electrons. The third-order valence-electron chi connectivity index (χ3n) is 10.8. The van der Waals surface area contributed by atoms with E-state index in [0.29, 0.717) is 17.8 Å².